The van der Waals surface area contributed by atoms with Gasteiger partial charge in [0.15, 0.2) is 6.20 Å². The van der Waals surface area contributed by atoms with Crippen molar-refractivity contribution < 1.29 is 28.8 Å². The maximum absolute atomic E-state index is 12.9. The molecule has 2 aliphatic rings. The quantitative estimate of drug-likeness (QED) is 0.447. The van der Waals surface area contributed by atoms with Crippen LogP contribution in [-0.2, 0) is 14.3 Å². The summed E-state index contributed by atoms with van der Waals surface area (Å²) >= 11 is 0. The van der Waals surface area contributed by atoms with Crippen LogP contribution in [0.2, 0.25) is 0 Å². The van der Waals surface area contributed by atoms with Crippen molar-refractivity contribution in [2.45, 2.75) is 52.7 Å². The predicted octanol–water partition coefficient (Wildman–Crippen LogP) is 2.63. The molecule has 0 spiro atoms. The van der Waals surface area contributed by atoms with Gasteiger partial charge < -0.3 is 34.3 Å². The summed E-state index contributed by atoms with van der Waals surface area (Å²) in [5.41, 5.74) is -0.629. The van der Waals surface area contributed by atoms with E-state index in [1.165, 1.54) is 16.0 Å². The SMILES string of the molecule is CC(C)(C)OC(=O)N1CCN(c2cc(N3CCN(C(=O)OC(C)(C)C)CC3=O)cnc2[N+](=O)[O-])CC1. The van der Waals surface area contributed by atoms with Crippen LogP contribution in [0, 0.1) is 10.1 Å². The summed E-state index contributed by atoms with van der Waals surface area (Å²) in [6, 6.07) is 1.56. The van der Waals surface area contributed by atoms with Gasteiger partial charge in [-0.1, -0.05) is 0 Å². The summed E-state index contributed by atoms with van der Waals surface area (Å²) in [6.07, 6.45) is 0.289. The molecule has 1 aromatic rings. The van der Waals surface area contributed by atoms with Crippen LogP contribution in [0.15, 0.2) is 12.3 Å². The van der Waals surface area contributed by atoms with E-state index in [-0.39, 0.29) is 37.0 Å². The van der Waals surface area contributed by atoms with Crippen LogP contribution < -0.4 is 9.80 Å². The number of carbonyl (C=O) groups excluding carboxylic acids is 3. The smallest absolute Gasteiger partial charge is 0.410 e. The second-order valence-corrected chi connectivity index (χ2v) is 10.7. The number of anilines is 2. The zero-order chi connectivity index (χ0) is 26.8. The van der Waals surface area contributed by atoms with Gasteiger partial charge in [0.05, 0.1) is 5.69 Å². The molecule has 13 nitrogen and oxygen atoms in total. The average molecular weight is 507 g/mol. The number of amides is 3. The molecule has 2 fully saturated rings. The normalized spacial score (nSPS) is 17.2. The topological polar surface area (TPSA) is 139 Å². The molecule has 3 rings (SSSR count). The average Bonchev–Trinajstić information content (AvgIpc) is 2.76. The molecule has 0 aliphatic carbocycles. The van der Waals surface area contributed by atoms with Gasteiger partial charge in [0, 0.05) is 39.3 Å². The van der Waals surface area contributed by atoms with Crippen molar-refractivity contribution in [3.63, 3.8) is 0 Å². The van der Waals surface area contributed by atoms with Gasteiger partial charge in [-0.3, -0.25) is 9.69 Å². The molecule has 13 heteroatoms. The van der Waals surface area contributed by atoms with Crippen molar-refractivity contribution in [2.75, 3.05) is 55.6 Å². The first-order valence-electron chi connectivity index (χ1n) is 11.8. The van der Waals surface area contributed by atoms with E-state index in [1.807, 2.05) is 0 Å². The fourth-order valence-electron chi connectivity index (χ4n) is 3.84. The molecule has 36 heavy (non-hydrogen) atoms. The van der Waals surface area contributed by atoms with Gasteiger partial charge in [-0.15, -0.1) is 0 Å². The number of ether oxygens (including phenoxy) is 2. The van der Waals surface area contributed by atoms with Crippen molar-refractivity contribution in [3.05, 3.63) is 22.4 Å². The van der Waals surface area contributed by atoms with E-state index in [9.17, 15) is 24.5 Å². The fourth-order valence-corrected chi connectivity index (χ4v) is 3.84. The Labute approximate surface area is 210 Å². The molecule has 0 atom stereocenters. The van der Waals surface area contributed by atoms with Crippen LogP contribution in [0.1, 0.15) is 41.5 Å². The number of nitro groups is 1. The molecule has 3 heterocycles. The van der Waals surface area contributed by atoms with Gasteiger partial charge in [-0.05, 0) is 57.5 Å². The van der Waals surface area contributed by atoms with E-state index >= 15 is 0 Å². The van der Waals surface area contributed by atoms with Crippen LogP contribution in [0.25, 0.3) is 0 Å². The summed E-state index contributed by atoms with van der Waals surface area (Å²) in [6.45, 7) is 12.2. The summed E-state index contributed by atoms with van der Waals surface area (Å²) in [5.74, 6) is -0.673. The van der Waals surface area contributed by atoms with Gasteiger partial charge in [0.25, 0.3) is 0 Å². The number of hydrogen-bond donors (Lipinski definition) is 0. The fraction of sp³-hybridized carbons (Fsp3) is 0.652. The molecule has 0 unspecified atom stereocenters. The number of pyridine rings is 1. The number of carbonyl (C=O) groups is 3. The highest BCUT2D eigenvalue weighted by Crippen LogP contribution is 2.32. The Kier molecular flexibility index (Phi) is 7.60. The third kappa shape index (κ3) is 6.73. The molecular formula is C23H34N6O7. The zero-order valence-electron chi connectivity index (χ0n) is 21.6. The van der Waals surface area contributed by atoms with Crippen molar-refractivity contribution in [2.24, 2.45) is 0 Å². The van der Waals surface area contributed by atoms with Crippen LogP contribution in [0.5, 0.6) is 0 Å². The number of piperazine rings is 2. The molecule has 0 aromatic carbocycles. The standard InChI is InChI=1S/C23H34N6O7/c1-22(2,3)35-20(31)26-9-7-25(8-10-26)17-13-16(14-24-19(17)29(33)34)28-12-11-27(15-18(28)30)21(32)36-23(4,5)6/h13-14H,7-12,15H2,1-6H3. The molecule has 0 radical (unpaired) electrons. The van der Waals surface area contributed by atoms with Crippen molar-refractivity contribution in [1.29, 1.82) is 0 Å². The molecule has 0 saturated carbocycles. The van der Waals surface area contributed by atoms with Gasteiger partial charge in [0.1, 0.15) is 23.4 Å². The van der Waals surface area contributed by atoms with Crippen LogP contribution in [0.3, 0.4) is 0 Å². The van der Waals surface area contributed by atoms with Crippen LogP contribution in [0.4, 0.5) is 26.8 Å². The monoisotopic (exact) mass is 506 g/mol. The Morgan fingerprint density at radius 3 is 1.94 bits per heavy atom. The van der Waals surface area contributed by atoms with Gasteiger partial charge >= 0.3 is 18.0 Å². The van der Waals surface area contributed by atoms with Gasteiger partial charge in [0.2, 0.25) is 5.91 Å². The van der Waals surface area contributed by atoms with Crippen molar-refractivity contribution in [3.8, 4) is 0 Å². The van der Waals surface area contributed by atoms with E-state index < -0.39 is 28.3 Å². The number of rotatable bonds is 3. The lowest BCUT2D eigenvalue weighted by Gasteiger charge is -2.37. The number of nitrogens with zero attached hydrogens (tertiary/aromatic N) is 6. The second kappa shape index (κ2) is 10.2. The van der Waals surface area contributed by atoms with Crippen LogP contribution >= 0.6 is 0 Å². The lowest BCUT2D eigenvalue weighted by atomic mass is 10.2. The molecule has 0 N–H and O–H groups in total. The minimum absolute atomic E-state index is 0.171. The predicted molar refractivity (Wildman–Crippen MR) is 131 cm³/mol. The molecule has 3 amide bonds. The maximum Gasteiger partial charge on any atom is 0.410 e. The Bertz CT molecular complexity index is 1020. The Morgan fingerprint density at radius 2 is 1.44 bits per heavy atom. The zero-order valence-corrected chi connectivity index (χ0v) is 21.6. The second-order valence-electron chi connectivity index (χ2n) is 10.7. The van der Waals surface area contributed by atoms with E-state index in [0.29, 0.717) is 31.9 Å². The molecule has 2 aliphatic heterocycles. The first-order valence-corrected chi connectivity index (χ1v) is 11.8. The molecule has 2 saturated heterocycles. The van der Waals surface area contributed by atoms with Gasteiger partial charge in [-0.25, -0.2) is 9.59 Å². The van der Waals surface area contributed by atoms with E-state index in [1.54, 1.807) is 57.4 Å². The first-order chi connectivity index (χ1) is 16.6. The molecule has 1 aromatic heterocycles. The van der Waals surface area contributed by atoms with Gasteiger partial charge in [-0.2, -0.15) is 0 Å². The Balaban J connectivity index is 1.73. The summed E-state index contributed by atoms with van der Waals surface area (Å²) in [7, 11) is 0. The van der Waals surface area contributed by atoms with E-state index in [4.69, 9.17) is 9.47 Å². The number of aromatic nitrogens is 1. The summed E-state index contributed by atoms with van der Waals surface area (Å²) < 4.78 is 10.8. The number of hydrogen-bond acceptors (Lipinski definition) is 9. The summed E-state index contributed by atoms with van der Waals surface area (Å²) in [5, 5.41) is 11.7. The lowest BCUT2D eigenvalue weighted by Crippen LogP contribution is -2.53. The third-order valence-corrected chi connectivity index (χ3v) is 5.46. The Morgan fingerprint density at radius 1 is 0.917 bits per heavy atom. The third-order valence-electron chi connectivity index (χ3n) is 5.46. The highest BCUT2D eigenvalue weighted by Gasteiger charge is 2.34. The van der Waals surface area contributed by atoms with Crippen molar-refractivity contribution >= 4 is 35.3 Å². The highest BCUT2D eigenvalue weighted by molar-refractivity contribution is 5.97. The first kappa shape index (κ1) is 27.0. The van der Waals surface area contributed by atoms with E-state index in [0.717, 1.165) is 0 Å². The van der Waals surface area contributed by atoms with Crippen molar-refractivity contribution in [1.82, 2.24) is 14.8 Å². The maximum atomic E-state index is 12.9. The highest BCUT2D eigenvalue weighted by atomic mass is 16.6. The molecular weight excluding hydrogens is 472 g/mol. The molecule has 198 valence electrons. The minimum Gasteiger partial charge on any atom is -0.444 e. The van der Waals surface area contributed by atoms with Crippen LogP contribution in [-0.4, -0.2) is 94.8 Å². The largest absolute Gasteiger partial charge is 0.444 e. The lowest BCUT2D eigenvalue weighted by molar-refractivity contribution is -0.388. The van der Waals surface area contributed by atoms with E-state index in [2.05, 4.69) is 4.98 Å². The summed E-state index contributed by atoms with van der Waals surface area (Å²) in [4.78, 5) is 58.8. The minimum atomic E-state index is -0.679. The Hall–Kier alpha value is -3.64. The molecule has 0 bridgehead atoms.